The van der Waals surface area contributed by atoms with Crippen LogP contribution in [0.4, 0.5) is 5.00 Å². The monoisotopic (exact) mass is 453 g/mol. The van der Waals surface area contributed by atoms with Gasteiger partial charge in [0.05, 0.1) is 25.7 Å². The Morgan fingerprint density at radius 2 is 1.90 bits per heavy atom. The lowest BCUT2D eigenvalue weighted by atomic mass is 10.0. The molecule has 4 heterocycles. The summed E-state index contributed by atoms with van der Waals surface area (Å²) < 4.78 is 0. The van der Waals surface area contributed by atoms with Gasteiger partial charge in [0.15, 0.2) is 0 Å². The second kappa shape index (κ2) is 8.51. The lowest BCUT2D eigenvalue weighted by Crippen LogP contribution is -2.48. The van der Waals surface area contributed by atoms with Gasteiger partial charge in [0.25, 0.3) is 5.91 Å². The largest absolute Gasteiger partial charge is 0.336 e. The van der Waals surface area contributed by atoms with E-state index in [9.17, 15) is 9.59 Å². The van der Waals surface area contributed by atoms with Crippen molar-refractivity contribution in [3.63, 3.8) is 0 Å². The molecule has 2 fully saturated rings. The van der Waals surface area contributed by atoms with Gasteiger partial charge in [-0.05, 0) is 17.7 Å². The molecule has 7 nitrogen and oxygen atoms in total. The van der Waals surface area contributed by atoms with Gasteiger partial charge in [0.1, 0.15) is 0 Å². The summed E-state index contributed by atoms with van der Waals surface area (Å²) in [6.45, 7) is 2.57. The molecule has 0 bridgehead atoms. The molecule has 9 heteroatoms. The van der Waals surface area contributed by atoms with E-state index in [4.69, 9.17) is 5.73 Å². The molecule has 31 heavy (non-hydrogen) atoms. The number of nitrogens with two attached hydrogens (primary N) is 1. The first-order valence-corrected chi connectivity index (χ1v) is 11.9. The number of carbonyl (C=O) groups is 2. The van der Waals surface area contributed by atoms with Crippen LogP contribution in [0.25, 0.3) is 10.4 Å². The Bertz CT molecular complexity index is 1090. The van der Waals surface area contributed by atoms with Crippen molar-refractivity contribution < 1.29 is 9.59 Å². The predicted molar refractivity (Wildman–Crippen MR) is 123 cm³/mol. The molecule has 0 radical (unpaired) electrons. The molecule has 0 saturated carbocycles. The minimum atomic E-state index is -0.239. The van der Waals surface area contributed by atoms with Crippen LogP contribution in [0.2, 0.25) is 0 Å². The van der Waals surface area contributed by atoms with Crippen LogP contribution >= 0.6 is 22.7 Å². The van der Waals surface area contributed by atoms with Crippen LogP contribution in [0.5, 0.6) is 0 Å². The zero-order chi connectivity index (χ0) is 21.4. The SMILES string of the molecule is N[C@H]1CNC[C@H]1C(=O)Nc1ccc(C(=O)N2CC(c3ncc(-c4ccccc4)s3)C2)s1. The van der Waals surface area contributed by atoms with Crippen LogP contribution in [0.3, 0.4) is 0 Å². The summed E-state index contributed by atoms with van der Waals surface area (Å²) in [7, 11) is 0. The van der Waals surface area contributed by atoms with Gasteiger partial charge in [0.2, 0.25) is 5.91 Å². The van der Waals surface area contributed by atoms with Gasteiger partial charge in [-0.1, -0.05) is 30.3 Å². The molecular weight excluding hydrogens is 430 g/mol. The molecule has 160 valence electrons. The fourth-order valence-corrected chi connectivity index (χ4v) is 5.77. The third kappa shape index (κ3) is 4.14. The van der Waals surface area contributed by atoms with Crippen molar-refractivity contribution in [2.75, 3.05) is 31.5 Å². The summed E-state index contributed by atoms with van der Waals surface area (Å²) in [6, 6.07) is 13.6. The van der Waals surface area contributed by atoms with Crippen molar-refractivity contribution >= 4 is 39.5 Å². The first-order valence-electron chi connectivity index (χ1n) is 10.3. The molecule has 2 aliphatic heterocycles. The van der Waals surface area contributed by atoms with Gasteiger partial charge in [-0.3, -0.25) is 9.59 Å². The van der Waals surface area contributed by atoms with Crippen LogP contribution in [0.15, 0.2) is 48.7 Å². The summed E-state index contributed by atoms with van der Waals surface area (Å²) in [5.74, 6) is -0.0560. The molecule has 3 aromatic rings. The number of thiophene rings is 1. The number of likely N-dealkylation sites (tertiary alicyclic amines) is 1. The van der Waals surface area contributed by atoms with E-state index in [0.29, 0.717) is 36.1 Å². The lowest BCUT2D eigenvalue weighted by Gasteiger charge is -2.37. The highest BCUT2D eigenvalue weighted by Crippen LogP contribution is 2.35. The highest BCUT2D eigenvalue weighted by molar-refractivity contribution is 7.18. The normalized spacial score (nSPS) is 21.1. The number of anilines is 1. The topological polar surface area (TPSA) is 100 Å². The van der Waals surface area contributed by atoms with Gasteiger partial charge in [-0.2, -0.15) is 0 Å². The number of aromatic nitrogens is 1. The number of nitrogens with zero attached hydrogens (tertiary/aromatic N) is 2. The summed E-state index contributed by atoms with van der Waals surface area (Å²) in [5, 5.41) is 7.77. The molecular formula is C22H23N5O2S2. The number of thiazole rings is 1. The molecule has 0 spiro atoms. The van der Waals surface area contributed by atoms with Crippen LogP contribution < -0.4 is 16.4 Å². The Morgan fingerprint density at radius 1 is 1.10 bits per heavy atom. The second-order valence-corrected chi connectivity index (χ2v) is 10.1. The van der Waals surface area contributed by atoms with Crippen molar-refractivity contribution in [3.05, 3.63) is 58.5 Å². The summed E-state index contributed by atoms with van der Waals surface area (Å²) >= 11 is 3.00. The Balaban J connectivity index is 1.17. The van der Waals surface area contributed by atoms with Crippen molar-refractivity contribution in [1.29, 1.82) is 0 Å². The Labute approximate surface area is 188 Å². The van der Waals surface area contributed by atoms with E-state index in [1.807, 2.05) is 29.3 Å². The van der Waals surface area contributed by atoms with E-state index in [0.717, 1.165) is 9.88 Å². The zero-order valence-corrected chi connectivity index (χ0v) is 18.4. The smallest absolute Gasteiger partial charge is 0.264 e. The molecule has 4 N–H and O–H groups in total. The van der Waals surface area contributed by atoms with Crippen molar-refractivity contribution in [1.82, 2.24) is 15.2 Å². The summed E-state index contributed by atoms with van der Waals surface area (Å²) in [6.07, 6.45) is 1.92. The number of hydrogen-bond donors (Lipinski definition) is 3. The number of carbonyl (C=O) groups excluding carboxylic acids is 2. The third-order valence-electron chi connectivity index (χ3n) is 5.76. The molecule has 0 aliphatic carbocycles. The minimum Gasteiger partial charge on any atom is -0.336 e. The van der Waals surface area contributed by atoms with Crippen LogP contribution in [0.1, 0.15) is 20.6 Å². The van der Waals surface area contributed by atoms with E-state index < -0.39 is 0 Å². The van der Waals surface area contributed by atoms with E-state index in [1.54, 1.807) is 23.5 Å². The maximum Gasteiger partial charge on any atom is 0.264 e. The van der Waals surface area contributed by atoms with Crippen LogP contribution in [-0.4, -0.2) is 53.9 Å². The van der Waals surface area contributed by atoms with E-state index in [1.165, 1.54) is 16.9 Å². The molecule has 2 saturated heterocycles. The van der Waals surface area contributed by atoms with Gasteiger partial charge in [0, 0.05) is 44.3 Å². The van der Waals surface area contributed by atoms with Crippen molar-refractivity contribution in [2.24, 2.45) is 11.7 Å². The number of nitrogens with one attached hydrogen (secondary N) is 2. The Kier molecular flexibility index (Phi) is 5.58. The van der Waals surface area contributed by atoms with Gasteiger partial charge in [-0.15, -0.1) is 22.7 Å². The van der Waals surface area contributed by atoms with E-state index >= 15 is 0 Å². The maximum atomic E-state index is 12.8. The molecule has 0 unspecified atom stereocenters. The second-order valence-electron chi connectivity index (χ2n) is 7.92. The predicted octanol–water partition coefficient (Wildman–Crippen LogP) is 2.60. The molecule has 2 aromatic heterocycles. The minimum absolute atomic E-state index is 0.000761. The third-order valence-corrected chi connectivity index (χ3v) is 7.96. The van der Waals surface area contributed by atoms with Crippen LogP contribution in [0, 0.1) is 5.92 Å². The standard InChI is InChI=1S/C22H23N5O2S2/c23-16-9-24-8-15(16)20(28)26-19-7-6-17(30-19)22(29)27-11-14(12-27)21-25-10-18(31-21)13-4-2-1-3-5-13/h1-7,10,14-16,24H,8-9,11-12,23H2,(H,26,28)/t15-,16+/m1/s1. The quantitative estimate of drug-likeness (QED) is 0.551. The van der Waals surface area contributed by atoms with Gasteiger partial charge in [-0.25, -0.2) is 4.98 Å². The van der Waals surface area contributed by atoms with Crippen molar-refractivity contribution in [3.8, 4) is 10.4 Å². The molecule has 2 atom stereocenters. The highest BCUT2D eigenvalue weighted by Gasteiger charge is 2.35. The van der Waals surface area contributed by atoms with Gasteiger partial charge >= 0.3 is 0 Å². The van der Waals surface area contributed by atoms with Gasteiger partial charge < -0.3 is 21.3 Å². The highest BCUT2D eigenvalue weighted by atomic mass is 32.1. The fourth-order valence-electron chi connectivity index (χ4n) is 3.89. The molecule has 5 rings (SSSR count). The van der Waals surface area contributed by atoms with E-state index in [-0.39, 0.29) is 29.7 Å². The average molecular weight is 454 g/mol. The molecule has 1 aromatic carbocycles. The lowest BCUT2D eigenvalue weighted by molar-refractivity contribution is -0.119. The first kappa shape index (κ1) is 20.3. The summed E-state index contributed by atoms with van der Waals surface area (Å²) in [4.78, 5) is 33.4. The number of rotatable bonds is 5. The number of amides is 2. The summed E-state index contributed by atoms with van der Waals surface area (Å²) in [5.41, 5.74) is 7.13. The van der Waals surface area contributed by atoms with Crippen LogP contribution in [-0.2, 0) is 4.79 Å². The zero-order valence-electron chi connectivity index (χ0n) is 16.8. The van der Waals surface area contributed by atoms with Crippen molar-refractivity contribution in [2.45, 2.75) is 12.0 Å². The fraction of sp³-hybridized carbons (Fsp3) is 0.318. The Morgan fingerprint density at radius 3 is 2.65 bits per heavy atom. The number of benzene rings is 1. The van der Waals surface area contributed by atoms with E-state index in [2.05, 4.69) is 27.8 Å². The number of hydrogen-bond acceptors (Lipinski definition) is 7. The first-order chi connectivity index (χ1) is 15.1. The Hall–Kier alpha value is -2.59. The average Bonchev–Trinajstić information content (AvgIpc) is 3.48. The maximum absolute atomic E-state index is 12.8. The molecule has 2 amide bonds. The molecule has 2 aliphatic rings.